The molecule has 1 aromatic carbocycles. The van der Waals surface area contributed by atoms with Gasteiger partial charge in [-0.3, -0.25) is 15.0 Å². The van der Waals surface area contributed by atoms with Crippen LogP contribution in [0, 0.1) is 15.9 Å². The summed E-state index contributed by atoms with van der Waals surface area (Å²) in [7, 11) is 0. The van der Waals surface area contributed by atoms with E-state index in [4.69, 9.17) is 0 Å². The standard InChI is InChI=1S/C15H20FN3O2/c1-11(2)9-14(18-7-5-17-6-8-18)13-4-3-12(16)10-15(13)19(20)21/h3-4,10,14,17H,1,5-9H2,2H3/t14-/m0/s1. The molecule has 1 heterocycles. The smallest absolute Gasteiger partial charge is 0.277 e. The zero-order chi connectivity index (χ0) is 15.4. The summed E-state index contributed by atoms with van der Waals surface area (Å²) in [5.74, 6) is -0.583. The Morgan fingerprint density at radius 1 is 1.52 bits per heavy atom. The van der Waals surface area contributed by atoms with Crippen molar-refractivity contribution < 1.29 is 9.31 Å². The second kappa shape index (κ2) is 6.78. The zero-order valence-corrected chi connectivity index (χ0v) is 12.1. The topological polar surface area (TPSA) is 58.4 Å². The Bertz CT molecular complexity index is 542. The Hall–Kier alpha value is -1.79. The largest absolute Gasteiger partial charge is 0.314 e. The Kier molecular flexibility index (Phi) is 5.03. The first-order valence-corrected chi connectivity index (χ1v) is 7.02. The number of halogens is 1. The molecule has 0 radical (unpaired) electrons. The molecule has 1 saturated heterocycles. The van der Waals surface area contributed by atoms with Crippen LogP contribution in [0.2, 0.25) is 0 Å². The fourth-order valence-corrected chi connectivity index (χ4v) is 2.72. The predicted molar refractivity (Wildman–Crippen MR) is 79.7 cm³/mol. The number of benzene rings is 1. The van der Waals surface area contributed by atoms with Gasteiger partial charge in [-0.05, 0) is 25.5 Å². The molecule has 1 aromatic rings. The number of hydrogen-bond acceptors (Lipinski definition) is 4. The fraction of sp³-hybridized carbons (Fsp3) is 0.467. The summed E-state index contributed by atoms with van der Waals surface area (Å²) in [5, 5.41) is 14.5. The molecular formula is C15H20FN3O2. The minimum Gasteiger partial charge on any atom is -0.314 e. The second-order valence-electron chi connectivity index (χ2n) is 5.42. The van der Waals surface area contributed by atoms with Gasteiger partial charge in [-0.1, -0.05) is 5.57 Å². The molecule has 114 valence electrons. The highest BCUT2D eigenvalue weighted by Crippen LogP contribution is 2.34. The molecule has 0 spiro atoms. The summed E-state index contributed by atoms with van der Waals surface area (Å²) in [5.41, 5.74) is 1.36. The molecule has 0 unspecified atom stereocenters. The predicted octanol–water partition coefficient (Wildman–Crippen LogP) is 2.65. The lowest BCUT2D eigenvalue weighted by Crippen LogP contribution is -2.45. The molecule has 0 aliphatic carbocycles. The van der Waals surface area contributed by atoms with Gasteiger partial charge in [0, 0.05) is 37.8 Å². The van der Waals surface area contributed by atoms with Crippen LogP contribution in [0.25, 0.3) is 0 Å². The lowest BCUT2D eigenvalue weighted by molar-refractivity contribution is -0.386. The molecule has 1 N–H and O–H groups in total. The number of hydrogen-bond donors (Lipinski definition) is 1. The van der Waals surface area contributed by atoms with Crippen molar-refractivity contribution in [3.8, 4) is 0 Å². The van der Waals surface area contributed by atoms with Crippen molar-refractivity contribution in [3.05, 3.63) is 51.8 Å². The van der Waals surface area contributed by atoms with Gasteiger partial charge < -0.3 is 5.32 Å². The number of piperazine rings is 1. The van der Waals surface area contributed by atoms with Crippen LogP contribution in [0.15, 0.2) is 30.4 Å². The van der Waals surface area contributed by atoms with Crippen LogP contribution in [0.4, 0.5) is 10.1 Å². The highest BCUT2D eigenvalue weighted by Gasteiger charge is 2.28. The Morgan fingerprint density at radius 3 is 2.76 bits per heavy atom. The Labute approximate surface area is 123 Å². The molecule has 1 atom stereocenters. The first-order chi connectivity index (χ1) is 9.99. The van der Waals surface area contributed by atoms with Gasteiger partial charge in [0.1, 0.15) is 5.82 Å². The van der Waals surface area contributed by atoms with Crippen LogP contribution in [-0.2, 0) is 0 Å². The van der Waals surface area contributed by atoms with Crippen LogP contribution < -0.4 is 5.32 Å². The van der Waals surface area contributed by atoms with E-state index < -0.39 is 10.7 Å². The van der Waals surface area contributed by atoms with E-state index >= 15 is 0 Å². The van der Waals surface area contributed by atoms with Gasteiger partial charge in [-0.15, -0.1) is 6.58 Å². The highest BCUT2D eigenvalue weighted by molar-refractivity contribution is 5.43. The molecule has 0 bridgehead atoms. The summed E-state index contributed by atoms with van der Waals surface area (Å²) in [6, 6.07) is 3.69. The van der Waals surface area contributed by atoms with Gasteiger partial charge in [0.05, 0.1) is 11.0 Å². The Balaban J connectivity index is 2.39. The molecule has 6 heteroatoms. The maximum Gasteiger partial charge on any atom is 0.277 e. The van der Waals surface area contributed by atoms with Crippen molar-refractivity contribution >= 4 is 5.69 Å². The fourth-order valence-electron chi connectivity index (χ4n) is 2.72. The monoisotopic (exact) mass is 293 g/mol. The van der Waals surface area contributed by atoms with E-state index in [-0.39, 0.29) is 11.7 Å². The minimum atomic E-state index is -0.583. The first kappa shape index (κ1) is 15.6. The zero-order valence-electron chi connectivity index (χ0n) is 12.1. The molecule has 0 saturated carbocycles. The minimum absolute atomic E-state index is 0.134. The second-order valence-corrected chi connectivity index (χ2v) is 5.42. The summed E-state index contributed by atoms with van der Waals surface area (Å²) in [6.07, 6.45) is 0.631. The van der Waals surface area contributed by atoms with Crippen LogP contribution in [0.3, 0.4) is 0 Å². The summed E-state index contributed by atoms with van der Waals surface area (Å²) in [4.78, 5) is 12.9. The molecule has 5 nitrogen and oxygen atoms in total. The van der Waals surface area contributed by atoms with E-state index in [1.54, 1.807) is 0 Å². The summed E-state index contributed by atoms with van der Waals surface area (Å²) in [6.45, 7) is 9.15. The molecule has 1 fully saturated rings. The van der Waals surface area contributed by atoms with Crippen LogP contribution in [-0.4, -0.2) is 36.0 Å². The van der Waals surface area contributed by atoms with E-state index in [0.29, 0.717) is 12.0 Å². The van der Waals surface area contributed by atoms with Gasteiger partial charge in [0.25, 0.3) is 5.69 Å². The van der Waals surface area contributed by atoms with Gasteiger partial charge >= 0.3 is 0 Å². The third-order valence-corrected chi connectivity index (χ3v) is 3.68. The van der Waals surface area contributed by atoms with Crippen molar-refractivity contribution in [2.45, 2.75) is 19.4 Å². The van der Waals surface area contributed by atoms with E-state index in [1.165, 1.54) is 12.1 Å². The SMILES string of the molecule is C=C(C)C[C@@H](c1ccc(F)cc1[N+](=O)[O-])N1CCNCC1. The lowest BCUT2D eigenvalue weighted by Gasteiger charge is -2.35. The Morgan fingerprint density at radius 2 is 2.19 bits per heavy atom. The van der Waals surface area contributed by atoms with Crippen molar-refractivity contribution in [2.24, 2.45) is 0 Å². The summed E-state index contributed by atoms with van der Waals surface area (Å²) < 4.78 is 13.3. The van der Waals surface area contributed by atoms with Crippen molar-refractivity contribution in [2.75, 3.05) is 26.2 Å². The van der Waals surface area contributed by atoms with Gasteiger partial charge in [-0.2, -0.15) is 0 Å². The van der Waals surface area contributed by atoms with Crippen LogP contribution >= 0.6 is 0 Å². The quantitative estimate of drug-likeness (QED) is 0.515. The molecule has 1 aliphatic rings. The van der Waals surface area contributed by atoms with Crippen LogP contribution in [0.5, 0.6) is 0 Å². The van der Waals surface area contributed by atoms with E-state index in [1.807, 2.05) is 6.92 Å². The molecule has 0 aromatic heterocycles. The normalized spacial score (nSPS) is 17.4. The molecule has 21 heavy (non-hydrogen) atoms. The van der Waals surface area contributed by atoms with Gasteiger partial charge in [0.15, 0.2) is 0 Å². The molecular weight excluding hydrogens is 273 g/mol. The number of nitrogens with one attached hydrogen (secondary N) is 1. The van der Waals surface area contributed by atoms with Crippen molar-refractivity contribution in [1.82, 2.24) is 10.2 Å². The van der Waals surface area contributed by atoms with Crippen molar-refractivity contribution in [3.63, 3.8) is 0 Å². The lowest BCUT2D eigenvalue weighted by atomic mass is 9.96. The molecule has 1 aliphatic heterocycles. The van der Waals surface area contributed by atoms with Gasteiger partial charge in [-0.25, -0.2) is 4.39 Å². The average molecular weight is 293 g/mol. The van der Waals surface area contributed by atoms with E-state index in [2.05, 4.69) is 16.8 Å². The highest BCUT2D eigenvalue weighted by atomic mass is 19.1. The average Bonchev–Trinajstić information content (AvgIpc) is 2.45. The maximum absolute atomic E-state index is 13.3. The van der Waals surface area contributed by atoms with E-state index in [0.717, 1.165) is 37.8 Å². The van der Waals surface area contributed by atoms with Crippen LogP contribution in [0.1, 0.15) is 24.9 Å². The first-order valence-electron chi connectivity index (χ1n) is 7.02. The number of rotatable bonds is 5. The summed E-state index contributed by atoms with van der Waals surface area (Å²) >= 11 is 0. The van der Waals surface area contributed by atoms with Gasteiger partial charge in [0.2, 0.25) is 0 Å². The number of nitro groups is 1. The number of nitro benzene ring substituents is 1. The third kappa shape index (κ3) is 3.86. The molecule has 0 amide bonds. The van der Waals surface area contributed by atoms with Crippen molar-refractivity contribution in [1.29, 1.82) is 0 Å². The van der Waals surface area contributed by atoms with E-state index in [9.17, 15) is 14.5 Å². The number of nitrogens with zero attached hydrogens (tertiary/aromatic N) is 2. The molecule has 2 rings (SSSR count). The third-order valence-electron chi connectivity index (χ3n) is 3.68. The maximum atomic E-state index is 13.3.